The zero-order valence-electron chi connectivity index (χ0n) is 31.4. The fourth-order valence-corrected chi connectivity index (χ4v) is 8.87. The van der Waals surface area contributed by atoms with E-state index < -0.39 is 5.82 Å². The molecule has 56 heavy (non-hydrogen) atoms. The highest BCUT2D eigenvalue weighted by Crippen LogP contribution is 2.37. The molecular weight excluding hydrogens is 702 g/mol. The number of carbonyl (C=O) groups excluding carboxylic acids is 2. The highest BCUT2D eigenvalue weighted by molar-refractivity contribution is 5.95. The lowest BCUT2D eigenvalue weighted by Gasteiger charge is -2.37. The molecule has 2 aromatic heterocycles. The molecule has 6 aromatic rings. The van der Waals surface area contributed by atoms with E-state index in [1.165, 1.54) is 18.6 Å². The van der Waals surface area contributed by atoms with Gasteiger partial charge in [0.1, 0.15) is 23.5 Å². The van der Waals surface area contributed by atoms with Crippen molar-refractivity contribution in [3.8, 4) is 33.6 Å². The van der Waals surface area contributed by atoms with Gasteiger partial charge in [-0.1, -0.05) is 97.4 Å². The summed E-state index contributed by atoms with van der Waals surface area (Å²) in [6, 6.07) is 32.6. The van der Waals surface area contributed by atoms with Crippen molar-refractivity contribution in [3.05, 3.63) is 144 Å². The van der Waals surface area contributed by atoms with Crippen LogP contribution in [0.3, 0.4) is 0 Å². The largest absolute Gasteiger partial charge is 0.340 e. The molecule has 9 rings (SSSR count). The molecule has 4 aromatic carbocycles. The third kappa shape index (κ3) is 7.05. The van der Waals surface area contributed by atoms with E-state index >= 15 is 0 Å². The van der Waals surface area contributed by atoms with E-state index in [1.807, 2.05) is 24.4 Å². The van der Waals surface area contributed by atoms with Gasteiger partial charge in [-0.15, -0.1) is 0 Å². The summed E-state index contributed by atoms with van der Waals surface area (Å²) in [5, 5.41) is 0. The third-order valence-electron chi connectivity index (χ3n) is 11.8. The number of nitrogens with one attached hydrogen (secondary N) is 2. The lowest BCUT2D eigenvalue weighted by molar-refractivity contribution is -0.139. The number of hydrogen-bond donors (Lipinski definition) is 2. The summed E-state index contributed by atoms with van der Waals surface area (Å²) in [6.45, 7) is 3.20. The van der Waals surface area contributed by atoms with Crippen LogP contribution in [0.15, 0.2) is 116 Å². The first-order valence-electron chi connectivity index (χ1n) is 20.0. The van der Waals surface area contributed by atoms with Crippen molar-refractivity contribution in [1.82, 2.24) is 34.6 Å². The zero-order chi connectivity index (χ0) is 38.0. The molecule has 2 amide bonds. The first-order chi connectivity index (χ1) is 27.5. The number of nitrogens with zero attached hydrogens (tertiary/aromatic N) is 5. The van der Waals surface area contributed by atoms with Gasteiger partial charge in [-0.2, -0.15) is 0 Å². The van der Waals surface area contributed by atoms with Crippen LogP contribution in [0.25, 0.3) is 33.6 Å². The van der Waals surface area contributed by atoms with Gasteiger partial charge in [0.05, 0.1) is 41.4 Å². The van der Waals surface area contributed by atoms with Crippen molar-refractivity contribution in [2.75, 3.05) is 26.2 Å². The molecule has 0 unspecified atom stereocenters. The van der Waals surface area contributed by atoms with E-state index in [0.717, 1.165) is 103 Å². The minimum Gasteiger partial charge on any atom is -0.340 e. The predicted octanol–water partition coefficient (Wildman–Crippen LogP) is 9.14. The number of halogens is 1. The van der Waals surface area contributed by atoms with E-state index in [-0.39, 0.29) is 35.5 Å². The van der Waals surface area contributed by atoms with Crippen molar-refractivity contribution >= 4 is 11.8 Å². The average molecular weight is 748 g/mol. The van der Waals surface area contributed by atoms with Crippen molar-refractivity contribution in [1.29, 1.82) is 0 Å². The second-order valence-electron chi connectivity index (χ2n) is 15.3. The zero-order valence-corrected chi connectivity index (χ0v) is 31.4. The third-order valence-corrected chi connectivity index (χ3v) is 11.8. The van der Waals surface area contributed by atoms with Crippen LogP contribution in [0.5, 0.6) is 0 Å². The number of H-pyrrole nitrogens is 2. The van der Waals surface area contributed by atoms with Gasteiger partial charge in [0.25, 0.3) is 5.91 Å². The van der Waals surface area contributed by atoms with E-state index in [2.05, 4.69) is 85.4 Å². The average Bonchev–Trinajstić information content (AvgIpc) is 4.09. The van der Waals surface area contributed by atoms with Crippen LogP contribution in [-0.2, 0) is 4.79 Å². The molecule has 284 valence electrons. The second-order valence-corrected chi connectivity index (χ2v) is 15.3. The number of benzene rings is 4. The first kappa shape index (κ1) is 35.8. The van der Waals surface area contributed by atoms with E-state index in [4.69, 9.17) is 4.98 Å². The Kier molecular flexibility index (Phi) is 10.0. The summed E-state index contributed by atoms with van der Waals surface area (Å²) in [7, 11) is 0. The molecule has 3 aliphatic heterocycles. The molecule has 10 heteroatoms. The number of aromatic nitrogens is 4. The maximum Gasteiger partial charge on any atom is 0.257 e. The van der Waals surface area contributed by atoms with Crippen LogP contribution in [0.4, 0.5) is 4.39 Å². The van der Waals surface area contributed by atoms with Gasteiger partial charge in [0.2, 0.25) is 5.91 Å². The Morgan fingerprint density at radius 3 is 1.70 bits per heavy atom. The summed E-state index contributed by atoms with van der Waals surface area (Å²) in [4.78, 5) is 50.2. The Labute approximate surface area is 326 Å². The molecule has 2 N–H and O–H groups in total. The van der Waals surface area contributed by atoms with Crippen LogP contribution in [0, 0.1) is 5.82 Å². The molecule has 0 aliphatic carbocycles. The number of piperidine rings is 1. The van der Waals surface area contributed by atoms with Crippen molar-refractivity contribution in [2.45, 2.75) is 63.1 Å². The second kappa shape index (κ2) is 15.7. The maximum atomic E-state index is 14.4. The Hall–Kier alpha value is -5.87. The van der Waals surface area contributed by atoms with Crippen molar-refractivity contribution in [3.63, 3.8) is 0 Å². The van der Waals surface area contributed by atoms with E-state index in [0.29, 0.717) is 12.4 Å². The summed E-state index contributed by atoms with van der Waals surface area (Å²) in [6.07, 6.45) is 10.6. The number of aromatic amines is 2. The van der Waals surface area contributed by atoms with Gasteiger partial charge < -0.3 is 19.8 Å². The summed E-state index contributed by atoms with van der Waals surface area (Å²) < 4.78 is 14.4. The van der Waals surface area contributed by atoms with Gasteiger partial charge >= 0.3 is 0 Å². The van der Waals surface area contributed by atoms with Crippen molar-refractivity contribution in [2.24, 2.45) is 0 Å². The molecule has 3 fully saturated rings. The first-order valence-corrected chi connectivity index (χ1v) is 20.0. The number of rotatable bonds is 9. The van der Waals surface area contributed by atoms with Crippen LogP contribution in [-0.4, -0.2) is 72.6 Å². The molecule has 0 bridgehead atoms. The van der Waals surface area contributed by atoms with E-state index in [1.54, 1.807) is 23.2 Å². The summed E-state index contributed by atoms with van der Waals surface area (Å²) >= 11 is 0. The fraction of sp³-hybridized carbons (Fsp3) is 0.304. The van der Waals surface area contributed by atoms with Crippen LogP contribution in [0.1, 0.15) is 90.6 Å². The van der Waals surface area contributed by atoms with Crippen LogP contribution in [0.2, 0.25) is 0 Å². The van der Waals surface area contributed by atoms with E-state index in [9.17, 15) is 14.0 Å². The van der Waals surface area contributed by atoms with Gasteiger partial charge in [-0.25, -0.2) is 14.4 Å². The minimum atomic E-state index is -0.505. The lowest BCUT2D eigenvalue weighted by atomic mass is 10.00. The number of hydrogen-bond acceptors (Lipinski definition) is 5. The highest BCUT2D eigenvalue weighted by atomic mass is 19.1. The van der Waals surface area contributed by atoms with Gasteiger partial charge in [0.15, 0.2) is 0 Å². The molecule has 3 atom stereocenters. The normalized spacial score (nSPS) is 19.4. The predicted molar refractivity (Wildman–Crippen MR) is 215 cm³/mol. The molecule has 9 nitrogen and oxygen atoms in total. The smallest absolute Gasteiger partial charge is 0.257 e. The van der Waals surface area contributed by atoms with Crippen molar-refractivity contribution < 1.29 is 14.0 Å². The molecule has 0 spiro atoms. The molecule has 0 radical (unpaired) electrons. The molecule has 0 saturated carbocycles. The summed E-state index contributed by atoms with van der Waals surface area (Å²) in [5.41, 5.74) is 7.17. The van der Waals surface area contributed by atoms with Crippen LogP contribution < -0.4 is 0 Å². The van der Waals surface area contributed by atoms with Gasteiger partial charge in [-0.05, 0) is 91.6 Å². The number of imidazole rings is 2. The Morgan fingerprint density at radius 2 is 1.11 bits per heavy atom. The number of likely N-dealkylation sites (tertiary alicyclic amines) is 3. The summed E-state index contributed by atoms with van der Waals surface area (Å²) in [5.74, 6) is 0.921. The number of carbonyl (C=O) groups is 2. The molecule has 5 heterocycles. The van der Waals surface area contributed by atoms with Crippen LogP contribution >= 0.6 is 0 Å². The monoisotopic (exact) mass is 747 g/mol. The van der Waals surface area contributed by atoms with Gasteiger partial charge in [-0.3, -0.25) is 14.5 Å². The number of amides is 2. The Morgan fingerprint density at radius 1 is 0.589 bits per heavy atom. The lowest BCUT2D eigenvalue weighted by Crippen LogP contribution is -2.44. The molecular formula is C46H46FN7O2. The highest BCUT2D eigenvalue weighted by Gasteiger charge is 2.39. The molecule has 3 aliphatic rings. The standard InChI is InChI=1S/C46H46FN7O2/c47-37-14-6-5-13-36(37)45(55)53-27-9-15-40(53)43-48-29-38(50-43)33-21-17-31(18-22-33)32-19-23-34(24-20-32)39-30-49-44(51-39)41-16-10-28-54(41)46(56)42(35-11-3-1-4-12-35)52-25-7-2-8-26-52/h1,3-6,11-14,17-24,29-30,40-42H,2,7-10,15-16,25-28H2,(H,48,50)(H,49,51)/t40-,41-,42+/m0/s1. The minimum absolute atomic E-state index is 0.0746. The topological polar surface area (TPSA) is 101 Å². The quantitative estimate of drug-likeness (QED) is 0.154. The van der Waals surface area contributed by atoms with Gasteiger partial charge in [0, 0.05) is 13.1 Å². The maximum absolute atomic E-state index is 14.4. The SMILES string of the molecule is O=C(c1ccccc1F)N1CCC[C@H]1c1ncc(-c2ccc(-c3ccc(-c4cnc([C@@H]5CCCN5C(=O)[C@@H](c5ccccc5)N5CCCCC5)[nH]4)cc3)cc2)[nH]1. The Balaban J connectivity index is 0.868. The fourth-order valence-electron chi connectivity index (χ4n) is 8.87. The molecule has 3 saturated heterocycles. The Bertz CT molecular complexity index is 2300.